The second kappa shape index (κ2) is 5.61. The minimum absolute atomic E-state index is 0.0585. The fraction of sp³-hybridized carbons (Fsp3) is 0.200. The quantitative estimate of drug-likeness (QED) is 0.792. The number of carbonyl (C=O) groups excluding carboxylic acids is 1. The van der Waals surface area contributed by atoms with Crippen molar-refractivity contribution in [2.45, 2.75) is 13.3 Å². The molecule has 0 bridgehead atoms. The second-order valence-corrected chi connectivity index (χ2v) is 4.27. The number of aryl methyl sites for hydroxylation is 1. The average molecular weight is 259 g/mol. The van der Waals surface area contributed by atoms with E-state index in [0.717, 1.165) is 5.56 Å². The lowest BCUT2D eigenvalue weighted by Gasteiger charge is -2.05. The molecule has 4 heteroatoms. The van der Waals surface area contributed by atoms with Gasteiger partial charge in [-0.05, 0) is 30.7 Å². The Morgan fingerprint density at radius 2 is 2.11 bits per heavy atom. The summed E-state index contributed by atoms with van der Waals surface area (Å²) in [5.41, 5.74) is 1.71. The molecule has 0 spiro atoms. The molecule has 19 heavy (non-hydrogen) atoms. The van der Waals surface area contributed by atoms with Gasteiger partial charge in [-0.3, -0.25) is 9.78 Å². The molecule has 98 valence electrons. The van der Waals surface area contributed by atoms with Crippen molar-refractivity contribution in [1.29, 1.82) is 0 Å². The topological polar surface area (TPSA) is 39.2 Å². The molecule has 1 aromatic heterocycles. The fourth-order valence-electron chi connectivity index (χ4n) is 1.71. The Morgan fingerprint density at radius 3 is 2.68 bits per heavy atom. The molecule has 0 radical (unpaired) electrons. The van der Waals surface area contributed by atoms with Crippen LogP contribution in [0.2, 0.25) is 0 Å². The van der Waals surface area contributed by atoms with Gasteiger partial charge in [0.05, 0.1) is 19.1 Å². The number of aromatic nitrogens is 1. The summed E-state index contributed by atoms with van der Waals surface area (Å²) in [5, 5.41) is 0. The number of Topliss-reactive ketones (excluding diaryl/α,β-unsaturated/α-hetero) is 1. The number of hydrogen-bond donors (Lipinski definition) is 0. The number of carbonyl (C=O) groups is 1. The maximum Gasteiger partial charge on any atom is 0.171 e. The van der Waals surface area contributed by atoms with Gasteiger partial charge >= 0.3 is 0 Å². The number of rotatable bonds is 4. The van der Waals surface area contributed by atoms with Crippen LogP contribution in [0, 0.1) is 12.7 Å². The van der Waals surface area contributed by atoms with E-state index in [2.05, 4.69) is 4.98 Å². The molecule has 0 saturated heterocycles. The molecule has 2 rings (SSSR count). The van der Waals surface area contributed by atoms with Crippen LogP contribution in [0.25, 0.3) is 0 Å². The van der Waals surface area contributed by atoms with Gasteiger partial charge in [0.25, 0.3) is 0 Å². The summed E-state index contributed by atoms with van der Waals surface area (Å²) in [4.78, 5) is 16.1. The number of ketones is 1. The van der Waals surface area contributed by atoms with Crippen LogP contribution < -0.4 is 4.74 Å². The standard InChI is InChI=1S/C15H14FNO2/c1-10-3-4-11(17-9-10)7-15(18)13-6-5-12(19-2)8-14(13)16/h3-6,8-9H,7H2,1-2H3. The van der Waals surface area contributed by atoms with Crippen molar-refractivity contribution in [3.63, 3.8) is 0 Å². The van der Waals surface area contributed by atoms with Crippen LogP contribution in [0.4, 0.5) is 4.39 Å². The van der Waals surface area contributed by atoms with Gasteiger partial charge in [0.1, 0.15) is 11.6 Å². The zero-order valence-corrected chi connectivity index (χ0v) is 10.8. The maximum absolute atomic E-state index is 13.7. The van der Waals surface area contributed by atoms with E-state index in [9.17, 15) is 9.18 Å². The van der Waals surface area contributed by atoms with Gasteiger partial charge in [0.2, 0.25) is 0 Å². The smallest absolute Gasteiger partial charge is 0.171 e. The van der Waals surface area contributed by atoms with Crippen molar-refractivity contribution < 1.29 is 13.9 Å². The van der Waals surface area contributed by atoms with E-state index in [1.807, 2.05) is 13.0 Å². The molecule has 2 aromatic rings. The number of benzene rings is 1. The van der Waals surface area contributed by atoms with Gasteiger partial charge in [0.15, 0.2) is 5.78 Å². The minimum Gasteiger partial charge on any atom is -0.497 e. The monoisotopic (exact) mass is 259 g/mol. The van der Waals surface area contributed by atoms with Crippen LogP contribution in [-0.2, 0) is 6.42 Å². The molecular formula is C15H14FNO2. The van der Waals surface area contributed by atoms with E-state index in [0.29, 0.717) is 11.4 Å². The Morgan fingerprint density at radius 1 is 1.32 bits per heavy atom. The van der Waals surface area contributed by atoms with Gasteiger partial charge in [0, 0.05) is 18.0 Å². The molecule has 0 fully saturated rings. The van der Waals surface area contributed by atoms with Crippen LogP contribution in [0.5, 0.6) is 5.75 Å². The third kappa shape index (κ3) is 3.16. The van der Waals surface area contributed by atoms with Crippen molar-refractivity contribution >= 4 is 5.78 Å². The Labute approximate surface area is 111 Å². The van der Waals surface area contributed by atoms with Crippen LogP contribution >= 0.6 is 0 Å². The van der Waals surface area contributed by atoms with E-state index >= 15 is 0 Å². The van der Waals surface area contributed by atoms with E-state index in [-0.39, 0.29) is 17.8 Å². The predicted octanol–water partition coefficient (Wildman–Crippen LogP) is 2.96. The lowest BCUT2D eigenvalue weighted by molar-refractivity contribution is 0.0988. The molecule has 0 aliphatic heterocycles. The molecule has 0 aliphatic carbocycles. The third-order valence-electron chi connectivity index (χ3n) is 2.79. The highest BCUT2D eigenvalue weighted by Crippen LogP contribution is 2.17. The fourth-order valence-corrected chi connectivity index (χ4v) is 1.71. The number of hydrogen-bond acceptors (Lipinski definition) is 3. The van der Waals surface area contributed by atoms with Crippen LogP contribution in [0.15, 0.2) is 36.5 Å². The first-order chi connectivity index (χ1) is 9.10. The summed E-state index contributed by atoms with van der Waals surface area (Å²) in [6.07, 6.45) is 1.77. The van der Waals surface area contributed by atoms with Crippen molar-refractivity contribution in [1.82, 2.24) is 4.98 Å². The molecule has 0 atom stereocenters. The number of methoxy groups -OCH3 is 1. The number of ether oxygens (including phenoxy) is 1. The zero-order chi connectivity index (χ0) is 13.8. The maximum atomic E-state index is 13.7. The number of pyridine rings is 1. The highest BCUT2D eigenvalue weighted by molar-refractivity contribution is 5.97. The zero-order valence-electron chi connectivity index (χ0n) is 10.8. The molecular weight excluding hydrogens is 245 g/mol. The number of nitrogens with zero attached hydrogens (tertiary/aromatic N) is 1. The SMILES string of the molecule is COc1ccc(C(=O)Cc2ccc(C)cn2)c(F)c1. The van der Waals surface area contributed by atoms with Gasteiger partial charge in [-0.15, -0.1) is 0 Å². The molecule has 1 heterocycles. The van der Waals surface area contributed by atoms with Gasteiger partial charge in [-0.25, -0.2) is 4.39 Å². The summed E-state index contributed by atoms with van der Waals surface area (Å²) in [7, 11) is 1.45. The Balaban J connectivity index is 2.18. The molecule has 3 nitrogen and oxygen atoms in total. The van der Waals surface area contributed by atoms with Crippen LogP contribution in [-0.4, -0.2) is 17.9 Å². The molecule has 0 amide bonds. The van der Waals surface area contributed by atoms with Gasteiger partial charge in [-0.1, -0.05) is 6.07 Å². The summed E-state index contributed by atoms with van der Waals surface area (Å²) < 4.78 is 18.6. The molecule has 1 aromatic carbocycles. The Kier molecular flexibility index (Phi) is 3.90. The minimum atomic E-state index is -0.573. The third-order valence-corrected chi connectivity index (χ3v) is 2.79. The Hall–Kier alpha value is -2.23. The summed E-state index contributed by atoms with van der Waals surface area (Å²) >= 11 is 0. The first-order valence-corrected chi connectivity index (χ1v) is 5.88. The highest BCUT2D eigenvalue weighted by Gasteiger charge is 2.13. The van der Waals surface area contributed by atoms with Crippen molar-refractivity contribution in [3.05, 3.63) is 59.2 Å². The van der Waals surface area contributed by atoms with Gasteiger partial charge in [-0.2, -0.15) is 0 Å². The van der Waals surface area contributed by atoms with E-state index in [1.54, 1.807) is 18.3 Å². The average Bonchev–Trinajstić information content (AvgIpc) is 2.41. The van der Waals surface area contributed by atoms with Crippen molar-refractivity contribution in [3.8, 4) is 5.75 Å². The van der Waals surface area contributed by atoms with Crippen molar-refractivity contribution in [2.24, 2.45) is 0 Å². The van der Waals surface area contributed by atoms with E-state index in [4.69, 9.17) is 4.74 Å². The highest BCUT2D eigenvalue weighted by atomic mass is 19.1. The first-order valence-electron chi connectivity index (χ1n) is 5.88. The number of halogens is 1. The summed E-state index contributed by atoms with van der Waals surface area (Å²) in [6, 6.07) is 7.86. The summed E-state index contributed by atoms with van der Waals surface area (Å²) in [5.74, 6) is -0.476. The normalized spacial score (nSPS) is 10.3. The summed E-state index contributed by atoms with van der Waals surface area (Å²) in [6.45, 7) is 1.92. The van der Waals surface area contributed by atoms with Crippen molar-refractivity contribution in [2.75, 3.05) is 7.11 Å². The van der Waals surface area contributed by atoms with Crippen LogP contribution in [0.3, 0.4) is 0 Å². The lowest BCUT2D eigenvalue weighted by atomic mass is 10.1. The molecule has 0 aliphatic rings. The lowest BCUT2D eigenvalue weighted by Crippen LogP contribution is -2.07. The molecule has 0 N–H and O–H groups in total. The van der Waals surface area contributed by atoms with Crippen LogP contribution in [0.1, 0.15) is 21.6 Å². The molecule has 0 unspecified atom stereocenters. The Bertz CT molecular complexity index is 594. The first kappa shape index (κ1) is 13.2. The predicted molar refractivity (Wildman–Crippen MR) is 70.0 cm³/mol. The van der Waals surface area contributed by atoms with E-state index in [1.165, 1.54) is 19.2 Å². The second-order valence-electron chi connectivity index (χ2n) is 4.27. The van der Waals surface area contributed by atoms with E-state index < -0.39 is 5.82 Å². The molecule has 0 saturated carbocycles. The largest absolute Gasteiger partial charge is 0.497 e. The van der Waals surface area contributed by atoms with Gasteiger partial charge < -0.3 is 4.74 Å².